The summed E-state index contributed by atoms with van der Waals surface area (Å²) in [6.45, 7) is 5.49. The van der Waals surface area contributed by atoms with Crippen molar-refractivity contribution in [1.29, 1.82) is 0 Å². The molecule has 3 nitrogen and oxygen atoms in total. The van der Waals surface area contributed by atoms with E-state index < -0.39 is 0 Å². The molecule has 1 N–H and O–H groups in total. The lowest BCUT2D eigenvalue weighted by atomic mass is 9.84. The maximum Gasteiger partial charge on any atom is 0.239 e. The fourth-order valence-corrected chi connectivity index (χ4v) is 3.64. The molecule has 0 aromatic heterocycles. The average Bonchev–Trinajstić information content (AvgIpc) is 2.38. The zero-order chi connectivity index (χ0) is 13.1. The van der Waals surface area contributed by atoms with Crippen molar-refractivity contribution in [3.05, 3.63) is 0 Å². The van der Waals surface area contributed by atoms with Gasteiger partial charge in [0.15, 0.2) is 0 Å². The molecular formula is C15H28N2O. The van der Waals surface area contributed by atoms with Crippen molar-refractivity contribution in [2.75, 3.05) is 13.6 Å². The van der Waals surface area contributed by atoms with Gasteiger partial charge >= 0.3 is 0 Å². The number of amides is 1. The van der Waals surface area contributed by atoms with Crippen molar-refractivity contribution in [3.63, 3.8) is 0 Å². The largest absolute Gasteiger partial charge is 0.341 e. The van der Waals surface area contributed by atoms with Crippen LogP contribution in [-0.4, -0.2) is 36.5 Å². The van der Waals surface area contributed by atoms with Gasteiger partial charge in [-0.2, -0.15) is 0 Å². The van der Waals surface area contributed by atoms with Crippen molar-refractivity contribution in [3.8, 4) is 0 Å². The Morgan fingerprint density at radius 1 is 1.06 bits per heavy atom. The minimum atomic E-state index is 0.0536. The first-order valence-corrected chi connectivity index (χ1v) is 7.61. The number of hydrogen-bond donors (Lipinski definition) is 1. The topological polar surface area (TPSA) is 32.3 Å². The highest BCUT2D eigenvalue weighted by Gasteiger charge is 2.34. The molecule has 1 amide bonds. The predicted molar refractivity (Wildman–Crippen MR) is 74.4 cm³/mol. The Morgan fingerprint density at radius 3 is 2.39 bits per heavy atom. The lowest BCUT2D eigenvalue weighted by Gasteiger charge is -2.40. The van der Waals surface area contributed by atoms with Gasteiger partial charge in [-0.3, -0.25) is 4.79 Å². The normalized spacial score (nSPS) is 37.3. The van der Waals surface area contributed by atoms with E-state index in [1.807, 2.05) is 11.9 Å². The van der Waals surface area contributed by atoms with Crippen molar-refractivity contribution >= 4 is 5.91 Å². The van der Waals surface area contributed by atoms with Crippen LogP contribution in [0.15, 0.2) is 0 Å². The highest BCUT2D eigenvalue weighted by atomic mass is 16.2. The maximum absolute atomic E-state index is 12.6. The highest BCUT2D eigenvalue weighted by molar-refractivity contribution is 5.82. The second-order valence-corrected chi connectivity index (χ2v) is 6.33. The van der Waals surface area contributed by atoms with Gasteiger partial charge in [-0.25, -0.2) is 0 Å². The SMILES string of the molecule is CC1CCCNC1C(=O)N(C)C1CCCCC1C. The molecule has 4 unspecified atom stereocenters. The molecule has 3 heteroatoms. The number of rotatable bonds is 2. The molecule has 1 aliphatic heterocycles. The quantitative estimate of drug-likeness (QED) is 0.818. The summed E-state index contributed by atoms with van der Waals surface area (Å²) in [6, 6.07) is 0.514. The third kappa shape index (κ3) is 2.87. The number of nitrogens with one attached hydrogen (secondary N) is 1. The van der Waals surface area contributed by atoms with Crippen LogP contribution in [0.25, 0.3) is 0 Å². The number of carbonyl (C=O) groups is 1. The molecule has 0 bridgehead atoms. The molecule has 18 heavy (non-hydrogen) atoms. The fourth-order valence-electron chi connectivity index (χ4n) is 3.64. The second-order valence-electron chi connectivity index (χ2n) is 6.33. The third-order valence-electron chi connectivity index (χ3n) is 4.95. The Labute approximate surface area is 111 Å². The second kappa shape index (κ2) is 6.05. The number of piperidine rings is 1. The van der Waals surface area contributed by atoms with E-state index in [0.717, 1.165) is 6.54 Å². The van der Waals surface area contributed by atoms with Crippen LogP contribution in [0.5, 0.6) is 0 Å². The minimum Gasteiger partial charge on any atom is -0.341 e. The van der Waals surface area contributed by atoms with Crippen molar-refractivity contribution in [2.24, 2.45) is 11.8 Å². The van der Waals surface area contributed by atoms with Crippen LogP contribution in [0.4, 0.5) is 0 Å². The van der Waals surface area contributed by atoms with Gasteiger partial charge in [0.05, 0.1) is 6.04 Å². The van der Waals surface area contributed by atoms with E-state index >= 15 is 0 Å². The zero-order valence-electron chi connectivity index (χ0n) is 12.1. The fraction of sp³-hybridized carbons (Fsp3) is 0.933. The smallest absolute Gasteiger partial charge is 0.239 e. The van der Waals surface area contributed by atoms with E-state index in [1.54, 1.807) is 0 Å². The van der Waals surface area contributed by atoms with Crippen LogP contribution in [0.3, 0.4) is 0 Å². The summed E-state index contributed by atoms with van der Waals surface area (Å²) in [5, 5.41) is 3.41. The van der Waals surface area contributed by atoms with Crippen LogP contribution >= 0.6 is 0 Å². The monoisotopic (exact) mass is 252 g/mol. The molecule has 2 aliphatic rings. The summed E-state index contributed by atoms with van der Waals surface area (Å²) in [7, 11) is 2.01. The van der Waals surface area contributed by atoms with Crippen LogP contribution in [0, 0.1) is 11.8 Å². The third-order valence-corrected chi connectivity index (χ3v) is 4.95. The van der Waals surface area contributed by atoms with Gasteiger partial charge < -0.3 is 10.2 Å². The zero-order valence-corrected chi connectivity index (χ0v) is 12.1. The first-order chi connectivity index (χ1) is 8.61. The molecule has 2 rings (SSSR count). The number of nitrogens with zero attached hydrogens (tertiary/aromatic N) is 1. The van der Waals surface area contributed by atoms with Crippen LogP contribution in [0.2, 0.25) is 0 Å². The van der Waals surface area contributed by atoms with E-state index in [4.69, 9.17) is 0 Å². The van der Waals surface area contributed by atoms with Gasteiger partial charge in [0, 0.05) is 13.1 Å². The van der Waals surface area contributed by atoms with Crippen molar-refractivity contribution < 1.29 is 4.79 Å². The highest BCUT2D eigenvalue weighted by Crippen LogP contribution is 2.28. The van der Waals surface area contributed by atoms with Crippen molar-refractivity contribution in [2.45, 2.75) is 64.5 Å². The van der Waals surface area contributed by atoms with Crippen molar-refractivity contribution in [1.82, 2.24) is 10.2 Å². The number of carbonyl (C=O) groups excluding carboxylic acids is 1. The molecule has 1 heterocycles. The Balaban J connectivity index is 1.98. The minimum absolute atomic E-state index is 0.0536. The first-order valence-electron chi connectivity index (χ1n) is 7.61. The Kier molecular flexibility index (Phi) is 4.66. The van der Waals surface area contributed by atoms with E-state index in [0.29, 0.717) is 23.8 Å². The summed E-state index contributed by atoms with van der Waals surface area (Å²) < 4.78 is 0. The van der Waals surface area contributed by atoms with Gasteiger partial charge in [0.1, 0.15) is 0 Å². The lowest BCUT2D eigenvalue weighted by molar-refractivity contribution is -0.137. The van der Waals surface area contributed by atoms with E-state index in [-0.39, 0.29) is 6.04 Å². The van der Waals surface area contributed by atoms with Gasteiger partial charge in [-0.05, 0) is 44.1 Å². The van der Waals surface area contributed by atoms with Crippen LogP contribution in [-0.2, 0) is 4.79 Å². The standard InChI is InChI=1S/C15H28N2O/c1-11-7-4-5-9-13(11)17(3)15(18)14-12(2)8-6-10-16-14/h11-14,16H,4-10H2,1-3H3. The van der Waals surface area contributed by atoms with E-state index in [1.165, 1.54) is 38.5 Å². The summed E-state index contributed by atoms with van der Waals surface area (Å²) in [6.07, 6.45) is 7.45. The molecule has 1 saturated heterocycles. The number of hydrogen-bond acceptors (Lipinski definition) is 2. The summed E-state index contributed by atoms with van der Waals surface area (Å²) in [5.74, 6) is 1.46. The average molecular weight is 252 g/mol. The molecule has 0 spiro atoms. The summed E-state index contributed by atoms with van der Waals surface area (Å²) in [5.41, 5.74) is 0. The number of likely N-dealkylation sites (N-methyl/N-ethyl adjacent to an activating group) is 1. The summed E-state index contributed by atoms with van der Waals surface area (Å²) >= 11 is 0. The predicted octanol–water partition coefficient (Wildman–Crippen LogP) is 2.41. The molecule has 0 aromatic carbocycles. The molecule has 0 radical (unpaired) electrons. The van der Waals surface area contributed by atoms with Crippen LogP contribution < -0.4 is 5.32 Å². The molecule has 1 saturated carbocycles. The van der Waals surface area contributed by atoms with Gasteiger partial charge in [-0.15, -0.1) is 0 Å². The molecule has 2 fully saturated rings. The van der Waals surface area contributed by atoms with Gasteiger partial charge in [-0.1, -0.05) is 26.7 Å². The Hall–Kier alpha value is -0.570. The first kappa shape index (κ1) is 13.9. The van der Waals surface area contributed by atoms with E-state index in [9.17, 15) is 4.79 Å². The maximum atomic E-state index is 12.6. The van der Waals surface area contributed by atoms with Gasteiger partial charge in [0.2, 0.25) is 5.91 Å². The Morgan fingerprint density at radius 2 is 1.72 bits per heavy atom. The molecule has 1 aliphatic carbocycles. The van der Waals surface area contributed by atoms with Gasteiger partial charge in [0.25, 0.3) is 0 Å². The lowest BCUT2D eigenvalue weighted by Crippen LogP contribution is -2.55. The Bertz CT molecular complexity index is 292. The molecule has 104 valence electrons. The molecule has 0 aromatic rings. The van der Waals surface area contributed by atoms with E-state index in [2.05, 4.69) is 19.2 Å². The van der Waals surface area contributed by atoms with Crippen LogP contribution in [0.1, 0.15) is 52.4 Å². The summed E-state index contributed by atoms with van der Waals surface area (Å²) in [4.78, 5) is 14.7. The molecular weight excluding hydrogens is 224 g/mol. The molecule has 4 atom stereocenters.